The van der Waals surface area contributed by atoms with E-state index in [4.69, 9.17) is 11.6 Å². The van der Waals surface area contributed by atoms with Crippen LogP contribution in [0.15, 0.2) is 18.2 Å². The van der Waals surface area contributed by atoms with Crippen molar-refractivity contribution in [2.75, 3.05) is 0 Å². The first-order valence-corrected chi connectivity index (χ1v) is 5.81. The predicted octanol–water partition coefficient (Wildman–Crippen LogP) is 4.25. The van der Waals surface area contributed by atoms with E-state index in [0.717, 1.165) is 18.6 Å². The van der Waals surface area contributed by atoms with Gasteiger partial charge in [-0.15, -0.1) is 0 Å². The standard InChI is InChI=1S/C12H15ClF3N/c1-3-8(2)17-7-9-6-10(12(14,15)16)4-5-11(9)13/h4-6,8,17H,3,7H2,1-2H3. The monoisotopic (exact) mass is 265 g/mol. The molecule has 5 heteroatoms. The van der Waals surface area contributed by atoms with Gasteiger partial charge in [-0.3, -0.25) is 0 Å². The Kier molecular flexibility index (Phi) is 4.83. The molecule has 0 saturated carbocycles. The lowest BCUT2D eigenvalue weighted by atomic mass is 10.1. The van der Waals surface area contributed by atoms with Crippen LogP contribution < -0.4 is 5.32 Å². The Bertz CT molecular complexity index is 377. The first-order valence-electron chi connectivity index (χ1n) is 5.43. The number of hydrogen-bond acceptors (Lipinski definition) is 1. The number of rotatable bonds is 4. The minimum absolute atomic E-state index is 0.251. The molecule has 1 rings (SSSR count). The molecule has 1 nitrogen and oxygen atoms in total. The number of alkyl halides is 3. The second-order valence-corrected chi connectivity index (χ2v) is 4.40. The Morgan fingerprint density at radius 3 is 2.53 bits per heavy atom. The first-order chi connectivity index (χ1) is 7.84. The van der Waals surface area contributed by atoms with Crippen molar-refractivity contribution in [3.05, 3.63) is 34.3 Å². The van der Waals surface area contributed by atoms with Gasteiger partial charge in [0.25, 0.3) is 0 Å². The molecule has 0 aliphatic heterocycles. The lowest BCUT2D eigenvalue weighted by molar-refractivity contribution is -0.137. The zero-order chi connectivity index (χ0) is 13.1. The van der Waals surface area contributed by atoms with Gasteiger partial charge >= 0.3 is 6.18 Å². The highest BCUT2D eigenvalue weighted by Gasteiger charge is 2.30. The van der Waals surface area contributed by atoms with Crippen LogP contribution in [0.25, 0.3) is 0 Å². The van der Waals surface area contributed by atoms with E-state index in [2.05, 4.69) is 5.32 Å². The predicted molar refractivity (Wildman–Crippen MR) is 63.0 cm³/mol. The van der Waals surface area contributed by atoms with Crippen LogP contribution in [0.2, 0.25) is 5.02 Å². The molecule has 0 saturated heterocycles. The SMILES string of the molecule is CCC(C)NCc1cc(C(F)(F)F)ccc1Cl. The quantitative estimate of drug-likeness (QED) is 0.858. The molecular formula is C12H15ClF3N. The fourth-order valence-electron chi connectivity index (χ4n) is 1.32. The topological polar surface area (TPSA) is 12.0 Å². The normalized spacial score (nSPS) is 13.8. The van der Waals surface area contributed by atoms with Gasteiger partial charge in [0.15, 0.2) is 0 Å². The highest BCUT2D eigenvalue weighted by molar-refractivity contribution is 6.31. The van der Waals surface area contributed by atoms with Crippen molar-refractivity contribution >= 4 is 11.6 Å². The third kappa shape index (κ3) is 4.21. The maximum atomic E-state index is 12.5. The smallest absolute Gasteiger partial charge is 0.310 e. The molecule has 1 atom stereocenters. The summed E-state index contributed by atoms with van der Waals surface area (Å²) in [5.41, 5.74) is -0.190. The minimum atomic E-state index is -4.32. The van der Waals surface area contributed by atoms with Crippen LogP contribution in [0, 0.1) is 0 Å². The molecule has 0 radical (unpaired) electrons. The van der Waals surface area contributed by atoms with Crippen molar-refractivity contribution in [2.45, 2.75) is 39.0 Å². The summed E-state index contributed by atoms with van der Waals surface area (Å²) in [6.07, 6.45) is -3.41. The lowest BCUT2D eigenvalue weighted by Gasteiger charge is -2.14. The van der Waals surface area contributed by atoms with E-state index in [9.17, 15) is 13.2 Å². The van der Waals surface area contributed by atoms with Gasteiger partial charge in [0.05, 0.1) is 5.56 Å². The first kappa shape index (κ1) is 14.3. The molecule has 1 unspecified atom stereocenters. The summed E-state index contributed by atoms with van der Waals surface area (Å²) < 4.78 is 37.5. The van der Waals surface area contributed by atoms with Crippen molar-refractivity contribution in [2.24, 2.45) is 0 Å². The fourth-order valence-corrected chi connectivity index (χ4v) is 1.50. The molecule has 0 amide bonds. The van der Waals surface area contributed by atoms with Crippen LogP contribution in [0.1, 0.15) is 31.4 Å². The van der Waals surface area contributed by atoms with Crippen LogP contribution in [0.4, 0.5) is 13.2 Å². The zero-order valence-electron chi connectivity index (χ0n) is 9.74. The third-order valence-corrected chi connectivity index (χ3v) is 3.00. The lowest BCUT2D eigenvalue weighted by Crippen LogP contribution is -2.24. The van der Waals surface area contributed by atoms with Crippen LogP contribution in [-0.2, 0) is 12.7 Å². The molecule has 1 aromatic rings. The van der Waals surface area contributed by atoms with Crippen molar-refractivity contribution < 1.29 is 13.2 Å². The van der Waals surface area contributed by atoms with Crippen molar-refractivity contribution in [1.29, 1.82) is 0 Å². The number of halogens is 4. The second-order valence-electron chi connectivity index (χ2n) is 3.99. The van der Waals surface area contributed by atoms with Crippen LogP contribution >= 0.6 is 11.6 Å². The summed E-state index contributed by atoms with van der Waals surface area (Å²) in [6, 6.07) is 3.63. The molecule has 0 heterocycles. The van der Waals surface area contributed by atoms with Gasteiger partial charge in [-0.05, 0) is 37.1 Å². The van der Waals surface area contributed by atoms with Gasteiger partial charge in [-0.25, -0.2) is 0 Å². The van der Waals surface area contributed by atoms with Crippen molar-refractivity contribution in [3.63, 3.8) is 0 Å². The van der Waals surface area contributed by atoms with E-state index < -0.39 is 11.7 Å². The molecule has 0 fully saturated rings. The molecule has 1 N–H and O–H groups in total. The van der Waals surface area contributed by atoms with Gasteiger partial charge in [-0.2, -0.15) is 13.2 Å². The van der Waals surface area contributed by atoms with E-state index in [-0.39, 0.29) is 6.04 Å². The van der Waals surface area contributed by atoms with Crippen molar-refractivity contribution in [1.82, 2.24) is 5.32 Å². The van der Waals surface area contributed by atoms with Gasteiger partial charge < -0.3 is 5.32 Å². The van der Waals surface area contributed by atoms with E-state index in [1.54, 1.807) is 0 Å². The van der Waals surface area contributed by atoms with Gasteiger partial charge in [0.1, 0.15) is 0 Å². The van der Waals surface area contributed by atoms with E-state index in [1.807, 2.05) is 13.8 Å². The highest BCUT2D eigenvalue weighted by atomic mass is 35.5. The van der Waals surface area contributed by atoms with Gasteiger partial charge in [0.2, 0.25) is 0 Å². The van der Waals surface area contributed by atoms with Crippen molar-refractivity contribution in [3.8, 4) is 0 Å². The molecule has 0 aromatic heterocycles. The zero-order valence-corrected chi connectivity index (χ0v) is 10.5. The average Bonchev–Trinajstić information content (AvgIpc) is 2.26. The maximum Gasteiger partial charge on any atom is 0.416 e. The Labute approximate surface area is 104 Å². The Balaban J connectivity index is 2.84. The highest BCUT2D eigenvalue weighted by Crippen LogP contribution is 2.31. The van der Waals surface area contributed by atoms with Crippen LogP contribution in [-0.4, -0.2) is 6.04 Å². The van der Waals surface area contributed by atoms with Gasteiger partial charge in [-0.1, -0.05) is 18.5 Å². The average molecular weight is 266 g/mol. The molecule has 0 aliphatic rings. The molecule has 0 spiro atoms. The summed E-state index contributed by atoms with van der Waals surface area (Å²) in [6.45, 7) is 4.32. The maximum absolute atomic E-state index is 12.5. The largest absolute Gasteiger partial charge is 0.416 e. The number of nitrogens with one attached hydrogen (secondary N) is 1. The molecular weight excluding hydrogens is 251 g/mol. The summed E-state index contributed by atoms with van der Waals surface area (Å²) in [4.78, 5) is 0. The molecule has 17 heavy (non-hydrogen) atoms. The Morgan fingerprint density at radius 1 is 1.35 bits per heavy atom. The van der Waals surface area contributed by atoms with E-state index in [1.165, 1.54) is 6.07 Å². The number of benzene rings is 1. The van der Waals surface area contributed by atoms with E-state index >= 15 is 0 Å². The van der Waals surface area contributed by atoms with Gasteiger partial charge in [0, 0.05) is 17.6 Å². The molecule has 0 bridgehead atoms. The Hall–Kier alpha value is -0.740. The van der Waals surface area contributed by atoms with E-state index in [0.29, 0.717) is 17.1 Å². The summed E-state index contributed by atoms with van der Waals surface area (Å²) in [5.74, 6) is 0. The van der Waals surface area contributed by atoms with Crippen LogP contribution in [0.5, 0.6) is 0 Å². The number of hydrogen-bond donors (Lipinski definition) is 1. The summed E-state index contributed by atoms with van der Waals surface area (Å²) in [5, 5.41) is 3.47. The molecule has 0 aliphatic carbocycles. The Morgan fingerprint density at radius 2 is 2.00 bits per heavy atom. The van der Waals surface area contributed by atoms with Crippen LogP contribution in [0.3, 0.4) is 0 Å². The summed E-state index contributed by atoms with van der Waals surface area (Å²) >= 11 is 5.87. The molecule has 96 valence electrons. The summed E-state index contributed by atoms with van der Waals surface area (Å²) in [7, 11) is 0. The minimum Gasteiger partial charge on any atom is -0.310 e. The fraction of sp³-hybridized carbons (Fsp3) is 0.500. The second kappa shape index (κ2) is 5.74. The molecule has 1 aromatic carbocycles. The third-order valence-electron chi connectivity index (χ3n) is 2.63.